The first-order valence-corrected chi connectivity index (χ1v) is 4.12. The molecule has 0 saturated carbocycles. The maximum absolute atomic E-state index is 5.50. The van der Waals surface area contributed by atoms with Crippen LogP contribution in [0.15, 0.2) is 18.3 Å². The zero-order valence-electron chi connectivity index (χ0n) is 7.54. The molecule has 0 aliphatic carbocycles. The van der Waals surface area contributed by atoms with Crippen molar-refractivity contribution in [2.45, 2.75) is 26.4 Å². The number of hydrogen-bond donors (Lipinski definition) is 2. The maximum atomic E-state index is 5.50. The number of aromatic nitrogens is 1. The van der Waals surface area contributed by atoms with Gasteiger partial charge in [-0.1, -0.05) is 13.8 Å². The van der Waals surface area contributed by atoms with E-state index in [0.29, 0.717) is 11.7 Å². The van der Waals surface area contributed by atoms with Gasteiger partial charge in [0.2, 0.25) is 0 Å². The summed E-state index contributed by atoms with van der Waals surface area (Å²) in [6.45, 7) is 5.02. The molecule has 0 aliphatic heterocycles. The number of nitrogens with two attached hydrogens (primary N) is 1. The maximum Gasteiger partial charge on any atom is 0.0543 e. The highest BCUT2D eigenvalue weighted by molar-refractivity contribution is 5.34. The van der Waals surface area contributed by atoms with Crippen molar-refractivity contribution < 1.29 is 0 Å². The van der Waals surface area contributed by atoms with E-state index in [1.807, 2.05) is 12.1 Å². The third kappa shape index (κ3) is 2.88. The lowest BCUT2D eigenvalue weighted by Crippen LogP contribution is -2.22. The summed E-state index contributed by atoms with van der Waals surface area (Å²) < 4.78 is 0. The Morgan fingerprint density at radius 1 is 1.50 bits per heavy atom. The summed E-state index contributed by atoms with van der Waals surface area (Å²) in [5, 5.41) is 3.28. The van der Waals surface area contributed by atoms with Crippen LogP contribution in [0.2, 0.25) is 0 Å². The van der Waals surface area contributed by atoms with Crippen molar-refractivity contribution >= 4 is 5.69 Å². The minimum absolute atomic E-state index is 0.490. The highest BCUT2D eigenvalue weighted by atomic mass is 14.9. The molecular formula is C9H15N3. The SMILES string of the molecule is CC(C)NCc1ccc(N)cn1. The Labute approximate surface area is 73.0 Å². The van der Waals surface area contributed by atoms with Gasteiger partial charge in [-0.25, -0.2) is 0 Å². The molecule has 0 aromatic carbocycles. The van der Waals surface area contributed by atoms with E-state index in [-0.39, 0.29) is 0 Å². The molecule has 0 saturated heterocycles. The second-order valence-corrected chi connectivity index (χ2v) is 3.12. The average Bonchev–Trinajstić information content (AvgIpc) is 2.03. The number of nitrogens with one attached hydrogen (secondary N) is 1. The first-order valence-electron chi connectivity index (χ1n) is 4.12. The highest BCUT2D eigenvalue weighted by Crippen LogP contribution is 2.00. The molecule has 0 spiro atoms. The molecule has 3 N–H and O–H groups in total. The van der Waals surface area contributed by atoms with Crippen LogP contribution in [-0.4, -0.2) is 11.0 Å². The lowest BCUT2D eigenvalue weighted by Gasteiger charge is -2.06. The van der Waals surface area contributed by atoms with Crippen molar-refractivity contribution in [1.29, 1.82) is 0 Å². The monoisotopic (exact) mass is 165 g/mol. The van der Waals surface area contributed by atoms with Gasteiger partial charge in [-0.2, -0.15) is 0 Å². The van der Waals surface area contributed by atoms with Gasteiger partial charge < -0.3 is 11.1 Å². The number of hydrogen-bond acceptors (Lipinski definition) is 3. The molecule has 0 unspecified atom stereocenters. The van der Waals surface area contributed by atoms with Gasteiger partial charge in [-0.05, 0) is 12.1 Å². The molecule has 1 aromatic rings. The molecular weight excluding hydrogens is 150 g/mol. The van der Waals surface area contributed by atoms with Crippen LogP contribution in [0, 0.1) is 0 Å². The Hall–Kier alpha value is -1.09. The van der Waals surface area contributed by atoms with Crippen LogP contribution in [0.1, 0.15) is 19.5 Å². The van der Waals surface area contributed by atoms with E-state index in [2.05, 4.69) is 24.1 Å². The molecule has 1 rings (SSSR count). The smallest absolute Gasteiger partial charge is 0.0543 e. The minimum Gasteiger partial charge on any atom is -0.397 e. The van der Waals surface area contributed by atoms with E-state index in [9.17, 15) is 0 Å². The molecule has 0 bridgehead atoms. The number of rotatable bonds is 3. The van der Waals surface area contributed by atoms with E-state index >= 15 is 0 Å². The van der Waals surface area contributed by atoms with Crippen molar-refractivity contribution in [2.75, 3.05) is 5.73 Å². The first-order chi connectivity index (χ1) is 5.68. The molecule has 1 aromatic heterocycles. The third-order valence-electron chi connectivity index (χ3n) is 1.54. The zero-order chi connectivity index (χ0) is 8.97. The lowest BCUT2D eigenvalue weighted by molar-refractivity contribution is 0.581. The van der Waals surface area contributed by atoms with Crippen LogP contribution in [-0.2, 0) is 6.54 Å². The summed E-state index contributed by atoms with van der Waals surface area (Å²) >= 11 is 0. The van der Waals surface area contributed by atoms with Gasteiger partial charge in [0.1, 0.15) is 0 Å². The fourth-order valence-electron chi connectivity index (χ4n) is 0.849. The van der Waals surface area contributed by atoms with Crippen LogP contribution in [0.5, 0.6) is 0 Å². The van der Waals surface area contributed by atoms with Gasteiger partial charge in [0.15, 0.2) is 0 Å². The average molecular weight is 165 g/mol. The standard InChI is InChI=1S/C9H15N3/c1-7(2)11-6-9-4-3-8(10)5-12-9/h3-5,7,11H,6,10H2,1-2H3. The molecule has 12 heavy (non-hydrogen) atoms. The molecule has 0 radical (unpaired) electrons. The van der Waals surface area contributed by atoms with E-state index in [1.54, 1.807) is 6.20 Å². The zero-order valence-corrected chi connectivity index (χ0v) is 7.54. The Morgan fingerprint density at radius 2 is 2.25 bits per heavy atom. The fourth-order valence-corrected chi connectivity index (χ4v) is 0.849. The molecule has 0 atom stereocenters. The molecule has 3 heteroatoms. The Kier molecular flexibility index (Phi) is 3.05. The van der Waals surface area contributed by atoms with Crippen LogP contribution < -0.4 is 11.1 Å². The summed E-state index contributed by atoms with van der Waals surface area (Å²) in [5.74, 6) is 0. The Bertz CT molecular complexity index is 228. The highest BCUT2D eigenvalue weighted by Gasteiger charge is 1.95. The number of nitrogen functional groups attached to an aromatic ring is 1. The number of pyridine rings is 1. The Balaban J connectivity index is 2.48. The topological polar surface area (TPSA) is 50.9 Å². The minimum atomic E-state index is 0.490. The molecule has 0 amide bonds. The molecule has 3 nitrogen and oxygen atoms in total. The van der Waals surface area contributed by atoms with Crippen LogP contribution in [0.4, 0.5) is 5.69 Å². The molecule has 1 heterocycles. The molecule has 66 valence electrons. The second-order valence-electron chi connectivity index (χ2n) is 3.12. The van der Waals surface area contributed by atoms with Crippen molar-refractivity contribution in [3.05, 3.63) is 24.0 Å². The number of nitrogens with zero attached hydrogens (tertiary/aromatic N) is 1. The van der Waals surface area contributed by atoms with Gasteiger partial charge in [0, 0.05) is 12.6 Å². The summed E-state index contributed by atoms with van der Waals surface area (Å²) in [7, 11) is 0. The van der Waals surface area contributed by atoms with Gasteiger partial charge >= 0.3 is 0 Å². The predicted octanol–water partition coefficient (Wildman–Crippen LogP) is 1.16. The third-order valence-corrected chi connectivity index (χ3v) is 1.54. The first kappa shape index (κ1) is 9.00. The summed E-state index contributed by atoms with van der Waals surface area (Å²) in [5.41, 5.74) is 7.24. The van der Waals surface area contributed by atoms with Gasteiger partial charge in [0.05, 0.1) is 17.6 Å². The fraction of sp³-hybridized carbons (Fsp3) is 0.444. The predicted molar refractivity (Wildman–Crippen MR) is 50.6 cm³/mol. The largest absolute Gasteiger partial charge is 0.397 e. The van der Waals surface area contributed by atoms with E-state index in [4.69, 9.17) is 5.73 Å². The van der Waals surface area contributed by atoms with Crippen LogP contribution in [0.3, 0.4) is 0 Å². The van der Waals surface area contributed by atoms with Crippen molar-refractivity contribution in [3.8, 4) is 0 Å². The van der Waals surface area contributed by atoms with Gasteiger partial charge in [-0.15, -0.1) is 0 Å². The van der Waals surface area contributed by atoms with E-state index in [0.717, 1.165) is 12.2 Å². The van der Waals surface area contributed by atoms with Gasteiger partial charge in [0.25, 0.3) is 0 Å². The summed E-state index contributed by atoms with van der Waals surface area (Å²) in [4.78, 5) is 4.16. The van der Waals surface area contributed by atoms with Gasteiger partial charge in [-0.3, -0.25) is 4.98 Å². The second kappa shape index (κ2) is 4.07. The van der Waals surface area contributed by atoms with E-state index in [1.165, 1.54) is 0 Å². The number of anilines is 1. The van der Waals surface area contributed by atoms with Crippen molar-refractivity contribution in [2.24, 2.45) is 0 Å². The van der Waals surface area contributed by atoms with Crippen LogP contribution >= 0.6 is 0 Å². The quantitative estimate of drug-likeness (QED) is 0.706. The van der Waals surface area contributed by atoms with Crippen LogP contribution in [0.25, 0.3) is 0 Å². The lowest BCUT2D eigenvalue weighted by atomic mass is 10.3. The van der Waals surface area contributed by atoms with E-state index < -0.39 is 0 Å². The molecule has 0 aliphatic rings. The van der Waals surface area contributed by atoms with Crippen molar-refractivity contribution in [1.82, 2.24) is 10.3 Å². The Morgan fingerprint density at radius 3 is 2.75 bits per heavy atom. The molecule has 0 fully saturated rings. The summed E-state index contributed by atoms with van der Waals surface area (Å²) in [6, 6.07) is 4.29. The normalized spacial score (nSPS) is 10.6. The summed E-state index contributed by atoms with van der Waals surface area (Å²) in [6.07, 6.45) is 1.68. The van der Waals surface area contributed by atoms with Crippen molar-refractivity contribution in [3.63, 3.8) is 0 Å².